The van der Waals surface area contributed by atoms with E-state index in [1.54, 1.807) is 0 Å². The van der Waals surface area contributed by atoms with Crippen molar-refractivity contribution in [1.29, 1.82) is 0 Å². The third-order valence-electron chi connectivity index (χ3n) is 4.07. The minimum absolute atomic E-state index is 0.204. The predicted molar refractivity (Wildman–Crippen MR) is 68.8 cm³/mol. The normalized spacial score (nSPS) is 27.9. The zero-order valence-electron chi connectivity index (χ0n) is 10.9. The third kappa shape index (κ3) is 3.96. The number of carbonyl (C=O) groups is 1. The Balaban J connectivity index is 1.65. The first kappa shape index (κ1) is 12.8. The maximum Gasteiger partial charge on any atom is 0.224 e. The highest BCUT2D eigenvalue weighted by molar-refractivity contribution is 5.78. The molecule has 1 unspecified atom stereocenters. The summed E-state index contributed by atoms with van der Waals surface area (Å²) in [5.74, 6) is 1.15. The zero-order valence-corrected chi connectivity index (χ0v) is 10.9. The van der Waals surface area contributed by atoms with E-state index < -0.39 is 0 Å². The van der Waals surface area contributed by atoms with Gasteiger partial charge in [0.1, 0.15) is 0 Å². The quantitative estimate of drug-likeness (QED) is 0.751. The van der Waals surface area contributed by atoms with E-state index >= 15 is 0 Å². The second kappa shape index (κ2) is 6.36. The standard InChI is InChI=1S/C13H25N3O/c1-16-7-4-11(5-8-16)9-15-13(17)12-3-2-6-14-10-12/h11-12,14H,2-10H2,1H3,(H,15,17). The Kier molecular flexibility index (Phi) is 4.80. The topological polar surface area (TPSA) is 44.4 Å². The van der Waals surface area contributed by atoms with Crippen molar-refractivity contribution in [2.45, 2.75) is 25.7 Å². The highest BCUT2D eigenvalue weighted by atomic mass is 16.1. The van der Waals surface area contributed by atoms with Gasteiger partial charge in [0.2, 0.25) is 5.91 Å². The summed E-state index contributed by atoms with van der Waals surface area (Å²) in [7, 11) is 2.17. The Hall–Kier alpha value is -0.610. The first-order valence-corrected chi connectivity index (χ1v) is 6.92. The van der Waals surface area contributed by atoms with E-state index in [4.69, 9.17) is 0 Å². The molecule has 4 heteroatoms. The lowest BCUT2D eigenvalue weighted by molar-refractivity contribution is -0.125. The molecule has 0 aromatic heterocycles. The van der Waals surface area contributed by atoms with E-state index in [1.807, 2.05) is 0 Å². The summed E-state index contributed by atoms with van der Waals surface area (Å²) < 4.78 is 0. The van der Waals surface area contributed by atoms with Crippen LogP contribution >= 0.6 is 0 Å². The van der Waals surface area contributed by atoms with Crippen molar-refractivity contribution < 1.29 is 4.79 Å². The Bertz CT molecular complexity index is 243. The molecule has 1 amide bonds. The van der Waals surface area contributed by atoms with Gasteiger partial charge in [0.05, 0.1) is 5.92 Å². The maximum atomic E-state index is 11.9. The Morgan fingerprint density at radius 3 is 2.76 bits per heavy atom. The molecule has 2 heterocycles. The van der Waals surface area contributed by atoms with Crippen molar-refractivity contribution >= 4 is 5.91 Å². The molecule has 1 atom stereocenters. The highest BCUT2D eigenvalue weighted by Gasteiger charge is 2.22. The van der Waals surface area contributed by atoms with E-state index in [0.717, 1.165) is 32.5 Å². The van der Waals surface area contributed by atoms with Crippen molar-refractivity contribution in [2.75, 3.05) is 39.8 Å². The van der Waals surface area contributed by atoms with Crippen molar-refractivity contribution in [1.82, 2.24) is 15.5 Å². The van der Waals surface area contributed by atoms with Gasteiger partial charge in [-0.3, -0.25) is 4.79 Å². The molecule has 2 aliphatic heterocycles. The summed E-state index contributed by atoms with van der Waals surface area (Å²) in [6.07, 6.45) is 4.62. The van der Waals surface area contributed by atoms with Gasteiger partial charge in [0.25, 0.3) is 0 Å². The second-order valence-electron chi connectivity index (χ2n) is 5.54. The Morgan fingerprint density at radius 2 is 2.12 bits per heavy atom. The molecule has 0 aliphatic carbocycles. The minimum atomic E-state index is 0.204. The van der Waals surface area contributed by atoms with Crippen LogP contribution in [0.3, 0.4) is 0 Å². The number of piperidine rings is 2. The van der Waals surface area contributed by atoms with Crippen LogP contribution in [0.5, 0.6) is 0 Å². The maximum absolute atomic E-state index is 11.9. The van der Waals surface area contributed by atoms with Crippen molar-refractivity contribution in [3.8, 4) is 0 Å². The molecular weight excluding hydrogens is 214 g/mol. The van der Waals surface area contributed by atoms with Gasteiger partial charge < -0.3 is 15.5 Å². The van der Waals surface area contributed by atoms with Crippen LogP contribution in [0.2, 0.25) is 0 Å². The molecule has 2 rings (SSSR count). The van der Waals surface area contributed by atoms with Crippen LogP contribution in [0.15, 0.2) is 0 Å². The van der Waals surface area contributed by atoms with E-state index in [0.29, 0.717) is 5.92 Å². The molecular formula is C13H25N3O. The number of hydrogen-bond donors (Lipinski definition) is 2. The fourth-order valence-corrected chi connectivity index (χ4v) is 2.73. The molecule has 4 nitrogen and oxygen atoms in total. The van der Waals surface area contributed by atoms with Gasteiger partial charge in [-0.2, -0.15) is 0 Å². The molecule has 2 aliphatic rings. The molecule has 0 aromatic rings. The number of nitrogens with zero attached hydrogens (tertiary/aromatic N) is 1. The molecule has 98 valence electrons. The first-order chi connectivity index (χ1) is 8.25. The molecule has 0 aromatic carbocycles. The van der Waals surface area contributed by atoms with Crippen LogP contribution in [0.1, 0.15) is 25.7 Å². The van der Waals surface area contributed by atoms with Crippen LogP contribution in [0.4, 0.5) is 0 Å². The fourth-order valence-electron chi connectivity index (χ4n) is 2.73. The van der Waals surface area contributed by atoms with Crippen LogP contribution in [-0.4, -0.2) is 50.6 Å². The third-order valence-corrected chi connectivity index (χ3v) is 4.07. The van der Waals surface area contributed by atoms with Gasteiger partial charge in [0.15, 0.2) is 0 Å². The average molecular weight is 239 g/mol. The summed E-state index contributed by atoms with van der Waals surface area (Å²) in [6, 6.07) is 0. The van der Waals surface area contributed by atoms with E-state index in [-0.39, 0.29) is 11.8 Å². The van der Waals surface area contributed by atoms with Gasteiger partial charge >= 0.3 is 0 Å². The van der Waals surface area contributed by atoms with Gasteiger partial charge in [-0.25, -0.2) is 0 Å². The van der Waals surface area contributed by atoms with Gasteiger partial charge in [-0.15, -0.1) is 0 Å². The van der Waals surface area contributed by atoms with Crippen LogP contribution in [0, 0.1) is 11.8 Å². The summed E-state index contributed by atoms with van der Waals surface area (Å²) in [5.41, 5.74) is 0. The number of nitrogens with one attached hydrogen (secondary N) is 2. The molecule has 0 radical (unpaired) electrons. The second-order valence-corrected chi connectivity index (χ2v) is 5.54. The predicted octanol–water partition coefficient (Wildman–Crippen LogP) is 0.444. The van der Waals surface area contributed by atoms with Crippen LogP contribution < -0.4 is 10.6 Å². The molecule has 2 fully saturated rings. The van der Waals surface area contributed by atoms with Crippen molar-refractivity contribution in [3.05, 3.63) is 0 Å². The molecule has 2 saturated heterocycles. The molecule has 0 bridgehead atoms. The fraction of sp³-hybridized carbons (Fsp3) is 0.923. The number of likely N-dealkylation sites (tertiary alicyclic amines) is 1. The highest BCUT2D eigenvalue weighted by Crippen LogP contribution is 2.15. The van der Waals surface area contributed by atoms with Crippen molar-refractivity contribution in [2.24, 2.45) is 11.8 Å². The van der Waals surface area contributed by atoms with E-state index in [9.17, 15) is 4.79 Å². The monoisotopic (exact) mass is 239 g/mol. The SMILES string of the molecule is CN1CCC(CNC(=O)C2CCCNC2)CC1. The number of amides is 1. The minimum Gasteiger partial charge on any atom is -0.356 e. The number of carbonyl (C=O) groups excluding carboxylic acids is 1. The van der Waals surface area contributed by atoms with Crippen LogP contribution in [0.25, 0.3) is 0 Å². The summed E-state index contributed by atoms with van der Waals surface area (Å²) >= 11 is 0. The summed E-state index contributed by atoms with van der Waals surface area (Å²) in [5, 5.41) is 6.43. The molecule has 2 N–H and O–H groups in total. The van der Waals surface area contributed by atoms with Gasteiger partial charge in [-0.05, 0) is 58.3 Å². The van der Waals surface area contributed by atoms with Crippen LogP contribution in [-0.2, 0) is 4.79 Å². The summed E-state index contributed by atoms with van der Waals surface area (Å²) in [6.45, 7) is 5.15. The number of hydrogen-bond acceptors (Lipinski definition) is 3. The van der Waals surface area contributed by atoms with Gasteiger partial charge in [-0.1, -0.05) is 0 Å². The van der Waals surface area contributed by atoms with E-state index in [2.05, 4.69) is 22.6 Å². The lowest BCUT2D eigenvalue weighted by Crippen LogP contribution is -2.43. The average Bonchev–Trinajstić information content (AvgIpc) is 2.39. The summed E-state index contributed by atoms with van der Waals surface area (Å²) in [4.78, 5) is 14.3. The largest absolute Gasteiger partial charge is 0.356 e. The lowest BCUT2D eigenvalue weighted by Gasteiger charge is -2.29. The Morgan fingerprint density at radius 1 is 1.35 bits per heavy atom. The number of rotatable bonds is 3. The molecule has 17 heavy (non-hydrogen) atoms. The van der Waals surface area contributed by atoms with Gasteiger partial charge in [0, 0.05) is 13.1 Å². The lowest BCUT2D eigenvalue weighted by atomic mass is 9.95. The Labute approximate surface area is 104 Å². The first-order valence-electron chi connectivity index (χ1n) is 6.92. The van der Waals surface area contributed by atoms with Crippen molar-refractivity contribution in [3.63, 3.8) is 0 Å². The molecule has 0 spiro atoms. The van der Waals surface area contributed by atoms with E-state index in [1.165, 1.54) is 25.9 Å². The molecule has 0 saturated carbocycles. The zero-order chi connectivity index (χ0) is 12.1. The smallest absolute Gasteiger partial charge is 0.224 e.